The van der Waals surface area contributed by atoms with Gasteiger partial charge in [-0.05, 0) is 0 Å². The quantitative estimate of drug-likeness (QED) is 0.224. The SMILES string of the molecule is C=C.O=S(=O)(O)O.[CH2-]CCCCCCCCCCC.[Na+]. The first-order chi connectivity index (χ1) is 8.91. The van der Waals surface area contributed by atoms with Gasteiger partial charge in [-0.25, -0.2) is 0 Å². The topological polar surface area (TPSA) is 74.6 Å². The Bertz CT molecular complexity index is 226. The molecule has 2 N–H and O–H groups in total. The Kier molecular flexibility index (Phi) is 35.4. The molecule has 0 bridgehead atoms. The van der Waals surface area contributed by atoms with Crippen molar-refractivity contribution in [1.82, 2.24) is 0 Å². The van der Waals surface area contributed by atoms with E-state index in [9.17, 15) is 0 Å². The van der Waals surface area contributed by atoms with Crippen LogP contribution in [0.2, 0.25) is 0 Å². The van der Waals surface area contributed by atoms with Gasteiger partial charge in [0, 0.05) is 0 Å². The van der Waals surface area contributed by atoms with Crippen LogP contribution in [0.15, 0.2) is 13.2 Å². The molecule has 20 heavy (non-hydrogen) atoms. The van der Waals surface area contributed by atoms with Gasteiger partial charge in [-0.3, -0.25) is 9.11 Å². The van der Waals surface area contributed by atoms with Crippen LogP contribution in [-0.4, -0.2) is 17.5 Å². The van der Waals surface area contributed by atoms with Gasteiger partial charge in [0.2, 0.25) is 0 Å². The van der Waals surface area contributed by atoms with Crippen molar-refractivity contribution in [2.45, 2.75) is 71.1 Å². The zero-order chi connectivity index (χ0) is 15.6. The fourth-order valence-corrected chi connectivity index (χ4v) is 1.49. The van der Waals surface area contributed by atoms with E-state index in [0.29, 0.717) is 0 Å². The van der Waals surface area contributed by atoms with E-state index in [2.05, 4.69) is 27.0 Å². The second kappa shape index (κ2) is 24.6. The number of hydrogen-bond acceptors (Lipinski definition) is 2. The van der Waals surface area contributed by atoms with Crippen LogP contribution in [0.5, 0.6) is 0 Å². The van der Waals surface area contributed by atoms with Gasteiger partial charge in [-0.2, -0.15) is 14.8 Å². The predicted molar refractivity (Wildman–Crippen MR) is 82.6 cm³/mol. The Morgan fingerprint density at radius 1 is 0.850 bits per heavy atom. The summed E-state index contributed by atoms with van der Waals surface area (Å²) in [6, 6.07) is 0. The van der Waals surface area contributed by atoms with Crippen LogP contribution in [0, 0.1) is 6.92 Å². The van der Waals surface area contributed by atoms with Gasteiger partial charge in [-0.1, -0.05) is 64.7 Å². The summed E-state index contributed by atoms with van der Waals surface area (Å²) in [6.07, 6.45) is 13.9. The molecule has 118 valence electrons. The third-order valence-corrected chi connectivity index (χ3v) is 2.35. The van der Waals surface area contributed by atoms with Gasteiger partial charge in [0.25, 0.3) is 0 Å². The molecule has 0 radical (unpaired) electrons. The van der Waals surface area contributed by atoms with Crippen LogP contribution in [-0.2, 0) is 10.4 Å². The second-order valence-corrected chi connectivity index (χ2v) is 5.03. The van der Waals surface area contributed by atoms with E-state index in [1.807, 2.05) is 0 Å². The Morgan fingerprint density at radius 3 is 1.35 bits per heavy atom. The van der Waals surface area contributed by atoms with E-state index in [1.165, 1.54) is 57.8 Å². The number of rotatable bonds is 9. The minimum Gasteiger partial charge on any atom is -0.343 e. The molecular formula is C14H31NaO4S. The first kappa shape index (κ1) is 28.7. The fourth-order valence-electron chi connectivity index (χ4n) is 1.49. The minimum atomic E-state index is -4.67. The summed E-state index contributed by atoms with van der Waals surface area (Å²) in [5.74, 6) is 0. The molecule has 0 fully saturated rings. The molecule has 0 atom stereocenters. The fraction of sp³-hybridized carbons (Fsp3) is 0.786. The van der Waals surface area contributed by atoms with E-state index in [4.69, 9.17) is 17.5 Å². The molecule has 0 spiro atoms. The van der Waals surface area contributed by atoms with Crippen molar-refractivity contribution in [3.63, 3.8) is 0 Å². The van der Waals surface area contributed by atoms with Crippen LogP contribution in [0.25, 0.3) is 0 Å². The van der Waals surface area contributed by atoms with Crippen LogP contribution in [0.1, 0.15) is 71.1 Å². The van der Waals surface area contributed by atoms with Gasteiger partial charge in [0.05, 0.1) is 0 Å². The number of unbranched alkanes of at least 4 members (excludes halogenated alkanes) is 9. The van der Waals surface area contributed by atoms with Crippen molar-refractivity contribution in [2.24, 2.45) is 0 Å². The molecule has 0 aliphatic heterocycles. The molecule has 0 aliphatic rings. The Morgan fingerprint density at radius 2 is 1.10 bits per heavy atom. The van der Waals surface area contributed by atoms with E-state index in [-0.39, 0.29) is 29.6 Å². The summed E-state index contributed by atoms with van der Waals surface area (Å²) in [4.78, 5) is 0. The van der Waals surface area contributed by atoms with Crippen LogP contribution in [0.4, 0.5) is 0 Å². The zero-order valence-electron chi connectivity index (χ0n) is 13.3. The van der Waals surface area contributed by atoms with Crippen molar-refractivity contribution in [3.05, 3.63) is 20.1 Å². The minimum absolute atomic E-state index is 0. The zero-order valence-corrected chi connectivity index (χ0v) is 16.1. The Balaban J connectivity index is -0.000000136. The molecule has 0 aromatic carbocycles. The normalized spacial score (nSPS) is 9.40. The van der Waals surface area contributed by atoms with E-state index < -0.39 is 10.4 Å². The van der Waals surface area contributed by atoms with Gasteiger partial charge < -0.3 is 6.92 Å². The van der Waals surface area contributed by atoms with Crippen molar-refractivity contribution >= 4 is 10.4 Å². The summed E-state index contributed by atoms with van der Waals surface area (Å²) >= 11 is 0. The maximum Gasteiger partial charge on any atom is 1.00 e. The maximum atomic E-state index is 8.74. The molecule has 0 saturated heterocycles. The van der Waals surface area contributed by atoms with Crippen molar-refractivity contribution in [3.8, 4) is 0 Å². The largest absolute Gasteiger partial charge is 1.00 e. The molecule has 0 unspecified atom stereocenters. The molecule has 4 nitrogen and oxygen atoms in total. The second-order valence-electron chi connectivity index (χ2n) is 4.13. The monoisotopic (exact) mass is 318 g/mol. The summed E-state index contributed by atoms with van der Waals surface area (Å²) in [5, 5.41) is 0. The van der Waals surface area contributed by atoms with Gasteiger partial charge in [0.1, 0.15) is 0 Å². The summed E-state index contributed by atoms with van der Waals surface area (Å²) in [6.45, 7) is 12.1. The van der Waals surface area contributed by atoms with Crippen LogP contribution in [0.3, 0.4) is 0 Å². The molecule has 0 aliphatic carbocycles. The predicted octanol–water partition coefficient (Wildman–Crippen LogP) is 1.89. The van der Waals surface area contributed by atoms with Gasteiger partial charge in [-0.15, -0.1) is 13.2 Å². The Hall–Kier alpha value is 0.610. The first-order valence-electron chi connectivity index (χ1n) is 6.91. The summed E-state index contributed by atoms with van der Waals surface area (Å²) in [7, 11) is -4.67. The first-order valence-corrected chi connectivity index (χ1v) is 8.30. The smallest absolute Gasteiger partial charge is 0.343 e. The van der Waals surface area contributed by atoms with Crippen LogP contribution < -0.4 is 29.6 Å². The van der Waals surface area contributed by atoms with Crippen LogP contribution >= 0.6 is 0 Å². The molecule has 0 heterocycles. The van der Waals surface area contributed by atoms with Gasteiger partial charge >= 0.3 is 40.0 Å². The van der Waals surface area contributed by atoms with Crippen molar-refractivity contribution in [1.29, 1.82) is 0 Å². The third kappa shape index (κ3) is 62.5. The standard InChI is InChI=1S/C12H25.C2H4.Na.H2O4S/c1-3-5-7-9-11-12-10-8-6-4-2;1-2;;1-5(2,3)4/h1,3-12H2,2H3;1-2H2;;(H2,1,2,3,4)/q-1;;+1;. The summed E-state index contributed by atoms with van der Waals surface area (Å²) < 4.78 is 31.6. The van der Waals surface area contributed by atoms with Gasteiger partial charge in [0.15, 0.2) is 0 Å². The molecule has 0 saturated carbocycles. The molecular weight excluding hydrogens is 287 g/mol. The van der Waals surface area contributed by atoms with Crippen molar-refractivity contribution < 1.29 is 47.1 Å². The third-order valence-electron chi connectivity index (χ3n) is 2.35. The average Bonchev–Trinajstić information content (AvgIpc) is 2.33. The summed E-state index contributed by atoms with van der Waals surface area (Å²) in [5.41, 5.74) is 0. The van der Waals surface area contributed by atoms with Crippen molar-refractivity contribution in [2.75, 3.05) is 0 Å². The molecule has 0 amide bonds. The van der Waals surface area contributed by atoms with E-state index >= 15 is 0 Å². The molecule has 6 heteroatoms. The van der Waals surface area contributed by atoms with E-state index in [0.717, 1.165) is 6.42 Å². The Labute approximate surface area is 148 Å². The molecule has 0 rings (SSSR count). The maximum absolute atomic E-state index is 8.74. The van der Waals surface area contributed by atoms with E-state index in [1.54, 1.807) is 0 Å². The number of hydrogen-bond donors (Lipinski definition) is 2. The average molecular weight is 318 g/mol. The molecule has 0 aromatic rings. The molecule has 0 aromatic heterocycles.